The van der Waals surface area contributed by atoms with E-state index in [0.717, 1.165) is 25.7 Å². The number of aromatic nitrogens is 5. The lowest BCUT2D eigenvalue weighted by Gasteiger charge is -2.30. The van der Waals surface area contributed by atoms with Crippen molar-refractivity contribution in [1.29, 1.82) is 0 Å². The smallest absolute Gasteiger partial charge is 0.282 e. The van der Waals surface area contributed by atoms with Crippen LogP contribution in [0.3, 0.4) is 0 Å². The van der Waals surface area contributed by atoms with Crippen molar-refractivity contribution in [3.05, 3.63) is 41.5 Å². The highest BCUT2D eigenvalue weighted by Crippen LogP contribution is 2.36. The largest absolute Gasteiger partial charge is 0.391 e. The second-order valence-corrected chi connectivity index (χ2v) is 10.2. The molecule has 0 bridgehead atoms. The van der Waals surface area contributed by atoms with Crippen molar-refractivity contribution in [3.8, 4) is 0 Å². The third-order valence-corrected chi connectivity index (χ3v) is 7.60. The maximum Gasteiger partial charge on any atom is 0.282 e. The molecule has 3 aromatic heterocycles. The van der Waals surface area contributed by atoms with Gasteiger partial charge in [0, 0.05) is 37.5 Å². The number of carbonyl (C=O) groups is 1. The zero-order valence-corrected chi connectivity index (χ0v) is 20.1. The van der Waals surface area contributed by atoms with Crippen molar-refractivity contribution in [2.24, 2.45) is 11.8 Å². The van der Waals surface area contributed by atoms with E-state index in [2.05, 4.69) is 29.0 Å². The number of aliphatic hydroxyl groups excluding tert-OH is 1. The summed E-state index contributed by atoms with van der Waals surface area (Å²) in [7, 11) is 0. The Kier molecular flexibility index (Phi) is 6.57. The minimum atomic E-state index is -2.75. The lowest BCUT2D eigenvalue weighted by Crippen LogP contribution is -2.22. The molecule has 5 rings (SSSR count). The van der Waals surface area contributed by atoms with Crippen LogP contribution in [0.1, 0.15) is 80.0 Å². The number of carbonyl (C=O) groups excluding carboxylic acids is 1. The number of hydrogen-bond donors (Lipinski definition) is 1. The van der Waals surface area contributed by atoms with E-state index in [1.807, 2.05) is 4.90 Å². The summed E-state index contributed by atoms with van der Waals surface area (Å²) in [4.78, 5) is 19.8. The molecule has 2 fully saturated rings. The summed E-state index contributed by atoms with van der Waals surface area (Å²) in [5, 5.41) is 18.3. The van der Waals surface area contributed by atoms with Gasteiger partial charge in [0.05, 0.1) is 23.9 Å². The fourth-order valence-corrected chi connectivity index (χ4v) is 5.43. The van der Waals surface area contributed by atoms with Crippen LogP contribution in [0.15, 0.2) is 24.7 Å². The second kappa shape index (κ2) is 9.64. The van der Waals surface area contributed by atoms with Crippen LogP contribution in [-0.2, 0) is 6.42 Å². The molecule has 0 amide bonds. The van der Waals surface area contributed by atoms with Crippen LogP contribution >= 0.6 is 0 Å². The molecule has 1 aliphatic carbocycles. The summed E-state index contributed by atoms with van der Waals surface area (Å²) in [6.07, 6.45) is 6.06. The Hall–Kier alpha value is -2.88. The number of β-amino-alcohol motifs (C(OH)–C–C–N with tert-alkyl or cyclic N) is 1. The standard InChI is InChI=1S/C25H32F2N6O2/c1-15(2)16-3-5-18(6-4-16)33-13-17(23(30-33)24(26)27)11-21(35)20-12-28-32-10-8-22(29-25(20)32)31-9-7-19(34)14-31/h8,10,12-13,15-16,18-19,24,34H,3-7,9,11,14H2,1-2H3/t16?,18?,19-/m0/s1. The fraction of sp³-hybridized carbons (Fsp3) is 0.600. The predicted octanol–water partition coefficient (Wildman–Crippen LogP) is 4.25. The SMILES string of the molecule is CC(C)C1CCC(n2cc(CC(=O)c3cnn4ccc(N5CC[C@H](O)C5)nc34)c(C(F)F)n2)CC1. The quantitative estimate of drug-likeness (QED) is 0.503. The number of rotatable bonds is 7. The van der Waals surface area contributed by atoms with E-state index in [9.17, 15) is 18.7 Å². The second-order valence-electron chi connectivity index (χ2n) is 10.2. The van der Waals surface area contributed by atoms with Crippen molar-refractivity contribution in [3.63, 3.8) is 0 Å². The molecule has 0 unspecified atom stereocenters. The number of alkyl halides is 2. The lowest BCUT2D eigenvalue weighted by molar-refractivity contribution is 0.0992. The third-order valence-electron chi connectivity index (χ3n) is 7.60. The van der Waals surface area contributed by atoms with E-state index in [4.69, 9.17) is 0 Å². The normalized spacial score (nSPS) is 23.2. The van der Waals surface area contributed by atoms with E-state index in [0.29, 0.717) is 42.8 Å². The summed E-state index contributed by atoms with van der Waals surface area (Å²) in [5.41, 5.74) is 0.610. The number of aliphatic hydroxyl groups is 1. The zero-order valence-electron chi connectivity index (χ0n) is 20.1. The zero-order chi connectivity index (χ0) is 24.7. The van der Waals surface area contributed by atoms with Gasteiger partial charge in [-0.15, -0.1) is 0 Å². The Morgan fingerprint density at radius 2 is 1.97 bits per heavy atom. The Morgan fingerprint density at radius 1 is 1.20 bits per heavy atom. The summed E-state index contributed by atoms with van der Waals surface area (Å²) < 4.78 is 30.8. The Balaban J connectivity index is 1.36. The molecule has 1 N–H and O–H groups in total. The highest BCUT2D eigenvalue weighted by atomic mass is 19.3. The third kappa shape index (κ3) is 4.80. The molecule has 1 aliphatic heterocycles. The molecule has 1 saturated carbocycles. The molecular formula is C25H32F2N6O2. The maximum absolute atomic E-state index is 13.8. The first-order valence-corrected chi connectivity index (χ1v) is 12.5. The Labute approximate surface area is 202 Å². The van der Waals surface area contributed by atoms with Gasteiger partial charge < -0.3 is 10.0 Å². The predicted molar refractivity (Wildman–Crippen MR) is 127 cm³/mol. The number of ketones is 1. The van der Waals surface area contributed by atoms with Crippen molar-refractivity contribution >= 4 is 17.2 Å². The topological polar surface area (TPSA) is 88.5 Å². The molecule has 1 saturated heterocycles. The number of nitrogens with zero attached hydrogens (tertiary/aromatic N) is 6. The van der Waals surface area contributed by atoms with Crippen molar-refractivity contribution in [1.82, 2.24) is 24.4 Å². The maximum atomic E-state index is 13.8. The van der Waals surface area contributed by atoms with Gasteiger partial charge in [-0.1, -0.05) is 13.8 Å². The summed E-state index contributed by atoms with van der Waals surface area (Å²) in [6.45, 7) is 5.61. The summed E-state index contributed by atoms with van der Waals surface area (Å²) in [5.74, 6) is 1.61. The minimum Gasteiger partial charge on any atom is -0.391 e. The lowest BCUT2D eigenvalue weighted by atomic mass is 9.80. The van der Waals surface area contributed by atoms with E-state index in [1.165, 1.54) is 10.7 Å². The molecule has 35 heavy (non-hydrogen) atoms. The molecule has 2 aliphatic rings. The van der Waals surface area contributed by atoms with Gasteiger partial charge in [0.25, 0.3) is 6.43 Å². The van der Waals surface area contributed by atoms with Crippen LogP contribution in [0.25, 0.3) is 5.65 Å². The first-order chi connectivity index (χ1) is 16.8. The van der Waals surface area contributed by atoms with Gasteiger partial charge >= 0.3 is 0 Å². The molecule has 0 radical (unpaired) electrons. The fourth-order valence-electron chi connectivity index (χ4n) is 5.43. The monoisotopic (exact) mass is 486 g/mol. The molecular weight excluding hydrogens is 454 g/mol. The molecule has 10 heteroatoms. The van der Waals surface area contributed by atoms with Gasteiger partial charge in [0.2, 0.25) is 0 Å². The molecule has 4 heterocycles. The van der Waals surface area contributed by atoms with E-state index >= 15 is 0 Å². The minimum absolute atomic E-state index is 0.0865. The number of Topliss-reactive ketones (excluding diaryl/α,β-unsaturated/α-hetero) is 1. The summed E-state index contributed by atoms with van der Waals surface area (Å²) in [6, 6.07) is 1.88. The first-order valence-electron chi connectivity index (χ1n) is 12.5. The Bertz CT molecular complexity index is 1200. The van der Waals surface area contributed by atoms with Gasteiger partial charge in [-0.2, -0.15) is 10.2 Å². The Morgan fingerprint density at radius 3 is 2.63 bits per heavy atom. The number of halogens is 2. The van der Waals surface area contributed by atoms with Crippen LogP contribution < -0.4 is 4.90 Å². The first kappa shape index (κ1) is 23.8. The number of anilines is 1. The van der Waals surface area contributed by atoms with Gasteiger partial charge in [-0.25, -0.2) is 18.3 Å². The van der Waals surface area contributed by atoms with E-state index < -0.39 is 12.5 Å². The van der Waals surface area contributed by atoms with E-state index in [1.54, 1.807) is 23.1 Å². The summed E-state index contributed by atoms with van der Waals surface area (Å²) >= 11 is 0. The molecule has 0 aromatic carbocycles. The van der Waals surface area contributed by atoms with Crippen LogP contribution in [0.2, 0.25) is 0 Å². The van der Waals surface area contributed by atoms with Crippen LogP contribution in [0, 0.1) is 11.8 Å². The molecule has 1 atom stereocenters. The van der Waals surface area contributed by atoms with Crippen LogP contribution in [-0.4, -0.2) is 54.5 Å². The molecule has 188 valence electrons. The van der Waals surface area contributed by atoms with Crippen LogP contribution in [0.4, 0.5) is 14.6 Å². The molecule has 3 aromatic rings. The highest BCUT2D eigenvalue weighted by Gasteiger charge is 2.29. The number of fused-ring (bicyclic) bond motifs is 1. The van der Waals surface area contributed by atoms with Gasteiger partial charge in [-0.3, -0.25) is 9.48 Å². The molecule has 8 nitrogen and oxygen atoms in total. The van der Waals surface area contributed by atoms with Gasteiger partial charge in [0.15, 0.2) is 11.4 Å². The molecule has 0 spiro atoms. The number of hydrogen-bond acceptors (Lipinski definition) is 6. The van der Waals surface area contributed by atoms with Crippen molar-refractivity contribution in [2.75, 3.05) is 18.0 Å². The van der Waals surface area contributed by atoms with Crippen LogP contribution in [0.5, 0.6) is 0 Å². The van der Waals surface area contributed by atoms with Gasteiger partial charge in [-0.05, 0) is 50.0 Å². The van der Waals surface area contributed by atoms with Crippen molar-refractivity contribution < 1.29 is 18.7 Å². The average molecular weight is 487 g/mol. The average Bonchev–Trinajstić information content (AvgIpc) is 3.56. The van der Waals surface area contributed by atoms with E-state index in [-0.39, 0.29) is 35.1 Å². The van der Waals surface area contributed by atoms with Gasteiger partial charge in [0.1, 0.15) is 11.5 Å². The highest BCUT2D eigenvalue weighted by molar-refractivity contribution is 6.02. The van der Waals surface area contributed by atoms with Crippen molar-refractivity contribution in [2.45, 2.75) is 70.9 Å².